The normalized spacial score (nSPS) is 42.8. The molecule has 0 aromatic heterocycles. The Kier molecular flexibility index (Phi) is 3.68. The Morgan fingerprint density at radius 1 is 1.27 bits per heavy atom. The predicted octanol–water partition coefficient (Wildman–Crippen LogP) is 2.32. The van der Waals surface area contributed by atoms with Crippen molar-refractivity contribution in [2.24, 2.45) is 11.8 Å². The highest BCUT2D eigenvalue weighted by atomic mass is 16.3. The van der Waals surface area contributed by atoms with Gasteiger partial charge in [-0.05, 0) is 37.6 Å². The average molecular weight is 211 g/mol. The minimum atomic E-state index is -0.385. The third-order valence-electron chi connectivity index (χ3n) is 4.25. The first kappa shape index (κ1) is 11.4. The summed E-state index contributed by atoms with van der Waals surface area (Å²) in [7, 11) is 0. The maximum Gasteiger partial charge on any atom is 0.0774 e. The van der Waals surface area contributed by atoms with Gasteiger partial charge in [-0.3, -0.25) is 0 Å². The molecule has 1 heterocycles. The van der Waals surface area contributed by atoms with Gasteiger partial charge in [-0.1, -0.05) is 32.6 Å². The average Bonchev–Trinajstić information content (AvgIpc) is 2.22. The lowest BCUT2D eigenvalue weighted by atomic mass is 9.75. The van der Waals surface area contributed by atoms with E-state index < -0.39 is 0 Å². The first-order chi connectivity index (χ1) is 7.18. The van der Waals surface area contributed by atoms with Gasteiger partial charge in [0, 0.05) is 6.54 Å². The summed E-state index contributed by atoms with van der Waals surface area (Å²) < 4.78 is 0. The van der Waals surface area contributed by atoms with Gasteiger partial charge in [0.15, 0.2) is 0 Å². The van der Waals surface area contributed by atoms with E-state index in [9.17, 15) is 5.11 Å². The highest BCUT2D eigenvalue weighted by molar-refractivity contribution is 4.88. The molecular weight excluding hydrogens is 186 g/mol. The molecule has 1 saturated carbocycles. The molecule has 1 saturated heterocycles. The molecule has 88 valence electrons. The van der Waals surface area contributed by atoms with Crippen LogP contribution in [0.2, 0.25) is 0 Å². The molecule has 0 radical (unpaired) electrons. The van der Waals surface area contributed by atoms with Crippen molar-refractivity contribution in [2.75, 3.05) is 13.1 Å². The van der Waals surface area contributed by atoms with E-state index in [1.807, 2.05) is 0 Å². The summed E-state index contributed by atoms with van der Waals surface area (Å²) in [6.07, 6.45) is 8.59. The van der Waals surface area contributed by atoms with Gasteiger partial charge >= 0.3 is 0 Å². The number of rotatable bonds is 2. The molecule has 1 aliphatic carbocycles. The first-order valence-electron chi connectivity index (χ1n) is 6.61. The Bertz CT molecular complexity index is 191. The van der Waals surface area contributed by atoms with Crippen molar-refractivity contribution in [1.82, 2.24) is 5.32 Å². The molecule has 0 bridgehead atoms. The Morgan fingerprint density at radius 3 is 2.60 bits per heavy atom. The van der Waals surface area contributed by atoms with Crippen molar-refractivity contribution in [3.05, 3.63) is 0 Å². The summed E-state index contributed by atoms with van der Waals surface area (Å²) in [5, 5.41) is 13.8. The first-order valence-corrected chi connectivity index (χ1v) is 6.61. The number of nitrogens with one attached hydrogen (secondary N) is 1. The van der Waals surface area contributed by atoms with Crippen LogP contribution in [0.4, 0.5) is 0 Å². The predicted molar refractivity (Wildman–Crippen MR) is 62.8 cm³/mol. The zero-order valence-corrected chi connectivity index (χ0v) is 9.97. The lowest BCUT2D eigenvalue weighted by Crippen LogP contribution is -2.47. The Morgan fingerprint density at radius 2 is 2.00 bits per heavy atom. The fourth-order valence-electron chi connectivity index (χ4n) is 3.20. The van der Waals surface area contributed by atoms with Crippen LogP contribution in [0, 0.1) is 11.8 Å². The van der Waals surface area contributed by atoms with Gasteiger partial charge in [0.1, 0.15) is 0 Å². The smallest absolute Gasteiger partial charge is 0.0774 e. The molecule has 0 spiro atoms. The van der Waals surface area contributed by atoms with E-state index in [0.717, 1.165) is 44.2 Å². The molecule has 2 heteroatoms. The lowest BCUT2D eigenvalue weighted by molar-refractivity contribution is -0.0118. The third-order valence-corrected chi connectivity index (χ3v) is 4.25. The topological polar surface area (TPSA) is 32.3 Å². The maximum absolute atomic E-state index is 10.4. The van der Waals surface area contributed by atoms with Crippen LogP contribution < -0.4 is 5.32 Å². The number of piperidine rings is 1. The van der Waals surface area contributed by atoms with Gasteiger partial charge in [-0.25, -0.2) is 0 Å². The number of hydrogen-bond acceptors (Lipinski definition) is 2. The van der Waals surface area contributed by atoms with Crippen LogP contribution >= 0.6 is 0 Å². The summed E-state index contributed by atoms with van der Waals surface area (Å²) in [4.78, 5) is 0. The molecule has 2 aliphatic rings. The Balaban J connectivity index is 1.80. The Hall–Kier alpha value is -0.0800. The quantitative estimate of drug-likeness (QED) is 0.734. The third kappa shape index (κ3) is 3.18. The van der Waals surface area contributed by atoms with E-state index in [1.165, 1.54) is 25.7 Å². The van der Waals surface area contributed by atoms with Crippen LogP contribution in [-0.4, -0.2) is 23.8 Å². The van der Waals surface area contributed by atoms with E-state index in [4.69, 9.17) is 0 Å². The van der Waals surface area contributed by atoms with Crippen LogP contribution in [0.3, 0.4) is 0 Å². The van der Waals surface area contributed by atoms with E-state index in [1.54, 1.807) is 0 Å². The molecule has 1 atom stereocenters. The largest absolute Gasteiger partial charge is 0.389 e. The summed E-state index contributed by atoms with van der Waals surface area (Å²) >= 11 is 0. The van der Waals surface area contributed by atoms with Crippen LogP contribution in [0.25, 0.3) is 0 Å². The van der Waals surface area contributed by atoms with Crippen molar-refractivity contribution in [3.8, 4) is 0 Å². The van der Waals surface area contributed by atoms with Gasteiger partial charge in [0.2, 0.25) is 0 Å². The maximum atomic E-state index is 10.4. The molecule has 2 nitrogen and oxygen atoms in total. The van der Waals surface area contributed by atoms with Crippen molar-refractivity contribution in [1.29, 1.82) is 0 Å². The van der Waals surface area contributed by atoms with Gasteiger partial charge in [-0.2, -0.15) is 0 Å². The molecule has 0 aromatic carbocycles. The zero-order chi connectivity index (χ0) is 10.7. The van der Waals surface area contributed by atoms with Crippen LogP contribution in [-0.2, 0) is 0 Å². The van der Waals surface area contributed by atoms with Gasteiger partial charge in [-0.15, -0.1) is 0 Å². The minimum absolute atomic E-state index is 0.385. The van der Waals surface area contributed by atoms with Crippen molar-refractivity contribution in [2.45, 2.75) is 57.5 Å². The summed E-state index contributed by atoms with van der Waals surface area (Å²) in [5.74, 6) is 1.70. The second-order valence-electron chi connectivity index (χ2n) is 5.83. The van der Waals surface area contributed by atoms with Gasteiger partial charge in [0.05, 0.1) is 5.60 Å². The second-order valence-corrected chi connectivity index (χ2v) is 5.83. The number of aliphatic hydroxyl groups is 1. The number of hydrogen-bond donors (Lipinski definition) is 2. The van der Waals surface area contributed by atoms with E-state index >= 15 is 0 Å². The van der Waals surface area contributed by atoms with Crippen LogP contribution in [0.15, 0.2) is 0 Å². The van der Waals surface area contributed by atoms with Crippen LogP contribution in [0.5, 0.6) is 0 Å². The van der Waals surface area contributed by atoms with Crippen LogP contribution in [0.1, 0.15) is 51.9 Å². The van der Waals surface area contributed by atoms with E-state index in [-0.39, 0.29) is 5.60 Å². The molecule has 1 aliphatic heterocycles. The number of β-amino-alcohol motifs (C(OH)–C–C–N with tert-alkyl or cyclic N) is 1. The van der Waals surface area contributed by atoms with Crippen molar-refractivity contribution >= 4 is 0 Å². The van der Waals surface area contributed by atoms with Gasteiger partial charge in [0.25, 0.3) is 0 Å². The minimum Gasteiger partial charge on any atom is -0.389 e. The molecule has 0 aromatic rings. The van der Waals surface area contributed by atoms with Gasteiger partial charge < -0.3 is 10.4 Å². The molecule has 0 amide bonds. The zero-order valence-electron chi connectivity index (χ0n) is 9.97. The summed E-state index contributed by atoms with van der Waals surface area (Å²) in [5.41, 5.74) is -0.385. The fraction of sp³-hybridized carbons (Fsp3) is 1.00. The van der Waals surface area contributed by atoms with Crippen molar-refractivity contribution < 1.29 is 5.11 Å². The van der Waals surface area contributed by atoms with Crippen molar-refractivity contribution in [3.63, 3.8) is 0 Å². The lowest BCUT2D eigenvalue weighted by Gasteiger charge is -2.37. The standard InChI is InChI=1S/C13H25NO/c1-11-3-5-12(6-4-11)9-13(15)7-2-8-14-10-13/h11-12,14-15H,2-10H2,1H3. The molecule has 2 N–H and O–H groups in total. The highest BCUT2D eigenvalue weighted by Gasteiger charge is 2.33. The van der Waals surface area contributed by atoms with E-state index in [0.29, 0.717) is 0 Å². The Labute approximate surface area is 93.5 Å². The SMILES string of the molecule is CC1CCC(CC2(O)CCCNC2)CC1. The van der Waals surface area contributed by atoms with E-state index in [2.05, 4.69) is 12.2 Å². The molecule has 2 fully saturated rings. The second kappa shape index (κ2) is 4.84. The highest BCUT2D eigenvalue weighted by Crippen LogP contribution is 2.35. The summed E-state index contributed by atoms with van der Waals surface area (Å²) in [6, 6.07) is 0. The summed E-state index contributed by atoms with van der Waals surface area (Å²) in [6.45, 7) is 4.26. The molecular formula is C13H25NO. The molecule has 15 heavy (non-hydrogen) atoms. The molecule has 1 unspecified atom stereocenters. The monoisotopic (exact) mass is 211 g/mol. The fourth-order valence-corrected chi connectivity index (χ4v) is 3.20. The molecule has 2 rings (SSSR count).